The van der Waals surface area contributed by atoms with E-state index >= 15 is 0 Å². The molecule has 0 aliphatic rings. The van der Waals surface area contributed by atoms with Gasteiger partial charge in [-0.25, -0.2) is 4.98 Å². The van der Waals surface area contributed by atoms with Crippen molar-refractivity contribution >= 4 is 5.91 Å². The van der Waals surface area contributed by atoms with E-state index in [1.165, 1.54) is 5.56 Å². The van der Waals surface area contributed by atoms with Crippen molar-refractivity contribution in [3.8, 4) is 22.7 Å². The lowest BCUT2D eigenvalue weighted by Crippen LogP contribution is -2.24. The van der Waals surface area contributed by atoms with Crippen LogP contribution in [0.1, 0.15) is 28.8 Å². The van der Waals surface area contributed by atoms with Crippen LogP contribution in [0.3, 0.4) is 0 Å². The molecule has 162 valence electrons. The zero-order valence-corrected chi connectivity index (χ0v) is 18.2. The van der Waals surface area contributed by atoms with E-state index in [2.05, 4.69) is 34.6 Å². The molecule has 0 unspecified atom stereocenters. The second kappa shape index (κ2) is 10.4. The normalized spacial score (nSPS) is 10.7. The predicted molar refractivity (Wildman–Crippen MR) is 127 cm³/mol. The summed E-state index contributed by atoms with van der Waals surface area (Å²) in [4.78, 5) is 17.0. The van der Waals surface area contributed by atoms with Crippen molar-refractivity contribution in [1.29, 1.82) is 0 Å². The summed E-state index contributed by atoms with van der Waals surface area (Å²) >= 11 is 0. The molecule has 5 heteroatoms. The molecule has 0 fully saturated rings. The van der Waals surface area contributed by atoms with Crippen LogP contribution in [-0.4, -0.2) is 29.1 Å². The molecule has 0 saturated carbocycles. The molecular weight excluding hydrogens is 398 g/mol. The van der Waals surface area contributed by atoms with Gasteiger partial charge in [-0.2, -0.15) is 0 Å². The van der Waals surface area contributed by atoms with Crippen LogP contribution in [0.5, 0.6) is 5.75 Å². The van der Waals surface area contributed by atoms with E-state index in [0.717, 1.165) is 42.0 Å². The maximum Gasteiger partial charge on any atom is 0.251 e. The summed E-state index contributed by atoms with van der Waals surface area (Å²) in [5.41, 5.74) is 4.84. The number of hydrogen-bond donors (Lipinski definition) is 1. The third kappa shape index (κ3) is 5.24. The van der Waals surface area contributed by atoms with E-state index in [0.29, 0.717) is 12.1 Å². The van der Waals surface area contributed by atoms with Gasteiger partial charge in [-0.05, 0) is 67.3 Å². The van der Waals surface area contributed by atoms with Gasteiger partial charge >= 0.3 is 0 Å². The molecule has 4 rings (SSSR count). The number of imidazole rings is 1. The standard InChI is InChI=1S/C27H27N3O2/c1-32-25-15-13-22(14-16-25)26-19-28-20-30(26)24-12-7-11-23(18-24)27(31)29-17-6-5-10-21-8-3-2-4-9-21/h2-4,7-9,11-16,18-20H,5-6,10,17H2,1H3,(H,29,31). The first-order chi connectivity index (χ1) is 15.7. The number of benzene rings is 3. The molecule has 1 aromatic heterocycles. The van der Waals surface area contributed by atoms with Crippen LogP contribution >= 0.6 is 0 Å². The summed E-state index contributed by atoms with van der Waals surface area (Å²) in [5, 5.41) is 3.04. The van der Waals surface area contributed by atoms with Gasteiger partial charge in [0.2, 0.25) is 0 Å². The smallest absolute Gasteiger partial charge is 0.251 e. The Morgan fingerprint density at radius 3 is 2.56 bits per heavy atom. The van der Waals surface area contributed by atoms with E-state index < -0.39 is 0 Å². The van der Waals surface area contributed by atoms with Gasteiger partial charge in [-0.3, -0.25) is 9.36 Å². The number of amides is 1. The number of nitrogens with one attached hydrogen (secondary N) is 1. The fourth-order valence-corrected chi connectivity index (χ4v) is 3.68. The highest BCUT2D eigenvalue weighted by Crippen LogP contribution is 2.25. The van der Waals surface area contributed by atoms with Gasteiger partial charge in [0.05, 0.1) is 25.3 Å². The Labute approximate surface area is 188 Å². The molecule has 1 heterocycles. The highest BCUT2D eigenvalue weighted by molar-refractivity contribution is 5.94. The molecule has 5 nitrogen and oxygen atoms in total. The van der Waals surface area contributed by atoms with E-state index in [1.807, 2.05) is 65.4 Å². The minimum absolute atomic E-state index is 0.0577. The van der Waals surface area contributed by atoms with Crippen molar-refractivity contribution in [3.05, 3.63) is 103 Å². The second-order valence-electron chi connectivity index (χ2n) is 7.63. The summed E-state index contributed by atoms with van der Waals surface area (Å²) in [6.45, 7) is 0.665. The number of ether oxygens (including phenoxy) is 1. The van der Waals surface area contributed by atoms with Crippen LogP contribution in [0.2, 0.25) is 0 Å². The van der Waals surface area contributed by atoms with E-state index in [1.54, 1.807) is 13.4 Å². The van der Waals surface area contributed by atoms with Crippen molar-refractivity contribution in [2.75, 3.05) is 13.7 Å². The molecule has 0 aliphatic carbocycles. The number of hydrogen-bond acceptors (Lipinski definition) is 3. The first-order valence-corrected chi connectivity index (χ1v) is 10.8. The number of nitrogens with zero attached hydrogens (tertiary/aromatic N) is 2. The van der Waals surface area contributed by atoms with Gasteiger partial charge in [-0.1, -0.05) is 36.4 Å². The van der Waals surface area contributed by atoms with Crippen LogP contribution in [-0.2, 0) is 6.42 Å². The van der Waals surface area contributed by atoms with Crippen molar-refractivity contribution in [3.63, 3.8) is 0 Å². The Morgan fingerprint density at radius 1 is 0.969 bits per heavy atom. The molecule has 0 saturated heterocycles. The van der Waals surface area contributed by atoms with E-state index in [4.69, 9.17) is 4.74 Å². The summed E-state index contributed by atoms with van der Waals surface area (Å²) in [6, 6.07) is 25.9. The average Bonchev–Trinajstić information content (AvgIpc) is 3.34. The van der Waals surface area contributed by atoms with Crippen molar-refractivity contribution < 1.29 is 9.53 Å². The zero-order valence-electron chi connectivity index (χ0n) is 18.2. The molecule has 0 atom stereocenters. The maximum atomic E-state index is 12.7. The van der Waals surface area contributed by atoms with Crippen LogP contribution in [0.15, 0.2) is 91.4 Å². The van der Waals surface area contributed by atoms with Crippen molar-refractivity contribution in [2.45, 2.75) is 19.3 Å². The minimum Gasteiger partial charge on any atom is -0.497 e. The molecule has 3 aromatic carbocycles. The molecule has 32 heavy (non-hydrogen) atoms. The molecule has 4 aromatic rings. The fraction of sp³-hybridized carbons (Fsp3) is 0.185. The van der Waals surface area contributed by atoms with Gasteiger partial charge < -0.3 is 10.1 Å². The van der Waals surface area contributed by atoms with Gasteiger partial charge in [0.25, 0.3) is 5.91 Å². The highest BCUT2D eigenvalue weighted by Gasteiger charge is 2.10. The van der Waals surface area contributed by atoms with E-state index in [-0.39, 0.29) is 5.91 Å². The Morgan fingerprint density at radius 2 is 1.78 bits per heavy atom. The molecule has 1 amide bonds. The number of carbonyl (C=O) groups is 1. The predicted octanol–water partition coefficient (Wildman–Crippen LogP) is 5.30. The number of carbonyl (C=O) groups excluding carboxylic acids is 1. The van der Waals surface area contributed by atoms with Crippen LogP contribution in [0, 0.1) is 0 Å². The van der Waals surface area contributed by atoms with Gasteiger partial charge in [-0.15, -0.1) is 0 Å². The molecule has 0 radical (unpaired) electrons. The van der Waals surface area contributed by atoms with Crippen LogP contribution in [0.25, 0.3) is 16.9 Å². The fourth-order valence-electron chi connectivity index (χ4n) is 3.68. The zero-order chi connectivity index (χ0) is 22.2. The Kier molecular flexibility index (Phi) is 6.98. The van der Waals surface area contributed by atoms with E-state index in [9.17, 15) is 4.79 Å². The molecular formula is C27H27N3O2. The number of unbranched alkanes of at least 4 members (excludes halogenated alkanes) is 1. The number of aryl methyl sites for hydroxylation is 1. The quantitative estimate of drug-likeness (QED) is 0.370. The maximum absolute atomic E-state index is 12.7. The Hall–Kier alpha value is -3.86. The minimum atomic E-state index is -0.0577. The topological polar surface area (TPSA) is 56.2 Å². The lowest BCUT2D eigenvalue weighted by molar-refractivity contribution is 0.0953. The molecule has 1 N–H and O–H groups in total. The average molecular weight is 426 g/mol. The monoisotopic (exact) mass is 425 g/mol. The first-order valence-electron chi connectivity index (χ1n) is 10.8. The number of methoxy groups -OCH3 is 1. The van der Waals surface area contributed by atoms with Crippen LogP contribution in [0.4, 0.5) is 0 Å². The summed E-state index contributed by atoms with van der Waals surface area (Å²) in [7, 11) is 1.65. The van der Waals surface area contributed by atoms with Crippen LogP contribution < -0.4 is 10.1 Å². The first kappa shape index (κ1) is 21.4. The SMILES string of the molecule is COc1ccc(-c2cncn2-c2cccc(C(=O)NCCCCc3ccccc3)c2)cc1. The lowest BCUT2D eigenvalue weighted by atomic mass is 10.1. The third-order valence-corrected chi connectivity index (χ3v) is 5.43. The second-order valence-corrected chi connectivity index (χ2v) is 7.63. The number of rotatable bonds is 9. The lowest BCUT2D eigenvalue weighted by Gasteiger charge is -2.11. The Balaban J connectivity index is 1.38. The van der Waals surface area contributed by atoms with Gasteiger partial charge in [0.15, 0.2) is 0 Å². The number of aromatic nitrogens is 2. The summed E-state index contributed by atoms with van der Waals surface area (Å²) in [5.74, 6) is 0.750. The Bertz CT molecular complexity index is 1150. The van der Waals surface area contributed by atoms with Crippen molar-refractivity contribution in [2.24, 2.45) is 0 Å². The molecule has 0 spiro atoms. The molecule has 0 bridgehead atoms. The highest BCUT2D eigenvalue weighted by atomic mass is 16.5. The van der Waals surface area contributed by atoms with Gasteiger partial charge in [0.1, 0.15) is 5.75 Å². The van der Waals surface area contributed by atoms with Crippen molar-refractivity contribution in [1.82, 2.24) is 14.9 Å². The summed E-state index contributed by atoms with van der Waals surface area (Å²) in [6.07, 6.45) is 6.61. The van der Waals surface area contributed by atoms with Gasteiger partial charge in [0, 0.05) is 23.4 Å². The summed E-state index contributed by atoms with van der Waals surface area (Å²) < 4.78 is 7.23. The third-order valence-electron chi connectivity index (χ3n) is 5.43. The largest absolute Gasteiger partial charge is 0.497 e. The molecule has 0 aliphatic heterocycles.